The molecule has 23 heavy (non-hydrogen) atoms. The van der Waals surface area contributed by atoms with E-state index >= 15 is 0 Å². The molecule has 1 N–H and O–H groups in total. The van der Waals surface area contributed by atoms with Crippen LogP contribution in [0.1, 0.15) is 33.6 Å². The van der Waals surface area contributed by atoms with Crippen molar-refractivity contribution in [3.05, 3.63) is 0 Å². The Balaban J connectivity index is 1.69. The van der Waals surface area contributed by atoms with Crippen LogP contribution in [0.2, 0.25) is 0 Å². The summed E-state index contributed by atoms with van der Waals surface area (Å²) in [6.45, 7) is 9.66. The van der Waals surface area contributed by atoms with Gasteiger partial charge in [0, 0.05) is 38.3 Å². The van der Waals surface area contributed by atoms with Crippen molar-refractivity contribution in [2.24, 2.45) is 0 Å². The average molecular weight is 321 g/mol. The number of carbonyl (C=O) groups is 2. The van der Waals surface area contributed by atoms with Crippen LogP contribution in [0.4, 0.5) is 4.79 Å². The summed E-state index contributed by atoms with van der Waals surface area (Å²) in [6.07, 6.45) is 1.67. The molecule has 0 aliphatic carbocycles. The molecule has 7 heteroatoms. The summed E-state index contributed by atoms with van der Waals surface area (Å²) in [5, 5.41) is 12.1. The van der Waals surface area contributed by atoms with Crippen molar-refractivity contribution in [1.82, 2.24) is 20.0 Å². The molecule has 2 heterocycles. The van der Waals surface area contributed by atoms with Crippen molar-refractivity contribution in [1.29, 1.82) is 5.26 Å². The summed E-state index contributed by atoms with van der Waals surface area (Å²) in [6, 6.07) is 1.96. The number of nitrogens with one attached hydrogen (secondary N) is 1. The summed E-state index contributed by atoms with van der Waals surface area (Å²) in [5.41, 5.74) is -0.155. The lowest BCUT2D eigenvalue weighted by molar-refractivity contribution is -0.130. The molecule has 2 aliphatic heterocycles. The number of amides is 3. The van der Waals surface area contributed by atoms with Crippen LogP contribution in [0.15, 0.2) is 0 Å². The number of nitrogens with zero attached hydrogens (tertiary/aromatic N) is 4. The first kappa shape index (κ1) is 17.5. The van der Waals surface area contributed by atoms with E-state index in [0.29, 0.717) is 19.6 Å². The Morgan fingerprint density at radius 3 is 2.70 bits per heavy atom. The SMILES string of the molecule is CC(C)(C)N1CCN(CCNCC(=O)N2CCCC2C#N)C1=O. The lowest BCUT2D eigenvalue weighted by Crippen LogP contribution is -2.46. The maximum absolute atomic E-state index is 12.3. The Labute approximate surface area is 138 Å². The van der Waals surface area contributed by atoms with Gasteiger partial charge in [-0.1, -0.05) is 0 Å². The van der Waals surface area contributed by atoms with Crippen LogP contribution in [-0.4, -0.2) is 77.5 Å². The fourth-order valence-electron chi connectivity index (χ4n) is 3.12. The van der Waals surface area contributed by atoms with Gasteiger partial charge in [-0.05, 0) is 33.6 Å². The maximum atomic E-state index is 12.3. The molecule has 0 bridgehead atoms. The zero-order valence-electron chi connectivity index (χ0n) is 14.3. The van der Waals surface area contributed by atoms with Crippen LogP contribution < -0.4 is 5.32 Å². The second-order valence-electron chi connectivity index (χ2n) is 7.14. The van der Waals surface area contributed by atoms with Gasteiger partial charge >= 0.3 is 6.03 Å². The lowest BCUT2D eigenvalue weighted by atomic mass is 10.1. The second kappa shape index (κ2) is 7.18. The molecular weight excluding hydrogens is 294 g/mol. The molecule has 0 radical (unpaired) electrons. The molecule has 0 aromatic carbocycles. The van der Waals surface area contributed by atoms with E-state index in [1.807, 2.05) is 30.6 Å². The number of likely N-dealkylation sites (tertiary alicyclic amines) is 1. The number of hydrogen-bond donors (Lipinski definition) is 1. The highest BCUT2D eigenvalue weighted by Crippen LogP contribution is 2.20. The van der Waals surface area contributed by atoms with E-state index in [4.69, 9.17) is 5.26 Å². The predicted octanol–water partition coefficient (Wildman–Crippen LogP) is 0.627. The minimum atomic E-state index is -0.273. The minimum Gasteiger partial charge on any atom is -0.326 e. The minimum absolute atomic E-state index is 0.0295. The first-order valence-corrected chi connectivity index (χ1v) is 8.31. The molecule has 3 amide bonds. The van der Waals surface area contributed by atoms with Gasteiger partial charge < -0.3 is 20.0 Å². The molecular formula is C16H27N5O2. The normalized spacial score (nSPS) is 21.9. The monoisotopic (exact) mass is 321 g/mol. The quantitative estimate of drug-likeness (QED) is 0.753. The molecule has 128 valence electrons. The van der Waals surface area contributed by atoms with Gasteiger partial charge in [0.2, 0.25) is 5.91 Å². The van der Waals surface area contributed by atoms with Crippen LogP contribution >= 0.6 is 0 Å². The predicted molar refractivity (Wildman–Crippen MR) is 86.6 cm³/mol. The molecule has 2 fully saturated rings. The largest absolute Gasteiger partial charge is 0.326 e. The third kappa shape index (κ3) is 4.14. The molecule has 0 saturated carbocycles. The molecule has 2 rings (SSSR count). The van der Waals surface area contributed by atoms with Gasteiger partial charge in [0.25, 0.3) is 0 Å². The molecule has 1 atom stereocenters. The summed E-state index contributed by atoms with van der Waals surface area (Å²) in [4.78, 5) is 29.7. The molecule has 0 aromatic rings. The number of carbonyl (C=O) groups excluding carboxylic acids is 2. The van der Waals surface area contributed by atoms with Gasteiger partial charge in [0.1, 0.15) is 6.04 Å². The molecule has 1 unspecified atom stereocenters. The Kier molecular flexibility index (Phi) is 5.47. The van der Waals surface area contributed by atoms with Crippen LogP contribution in [0.5, 0.6) is 0 Å². The number of urea groups is 1. The van der Waals surface area contributed by atoms with Gasteiger partial charge in [0.15, 0.2) is 0 Å². The molecule has 2 saturated heterocycles. The Hall–Kier alpha value is -1.81. The first-order chi connectivity index (χ1) is 10.8. The summed E-state index contributed by atoms with van der Waals surface area (Å²) in [5.74, 6) is -0.0295. The van der Waals surface area contributed by atoms with Crippen molar-refractivity contribution < 1.29 is 9.59 Å². The van der Waals surface area contributed by atoms with Crippen molar-refractivity contribution in [3.8, 4) is 6.07 Å². The molecule has 2 aliphatic rings. The van der Waals surface area contributed by atoms with Gasteiger partial charge in [-0.25, -0.2) is 4.79 Å². The molecule has 0 aromatic heterocycles. The van der Waals surface area contributed by atoms with Crippen LogP contribution in [0.3, 0.4) is 0 Å². The van der Waals surface area contributed by atoms with Gasteiger partial charge in [0.05, 0.1) is 12.6 Å². The Morgan fingerprint density at radius 1 is 1.35 bits per heavy atom. The highest BCUT2D eigenvalue weighted by molar-refractivity contribution is 5.79. The summed E-state index contributed by atoms with van der Waals surface area (Å²) < 4.78 is 0. The first-order valence-electron chi connectivity index (χ1n) is 8.31. The van der Waals surface area contributed by atoms with E-state index < -0.39 is 0 Å². The highest BCUT2D eigenvalue weighted by atomic mass is 16.2. The Morgan fingerprint density at radius 2 is 2.09 bits per heavy atom. The fraction of sp³-hybridized carbons (Fsp3) is 0.812. The number of nitriles is 1. The maximum Gasteiger partial charge on any atom is 0.320 e. The van der Waals surface area contributed by atoms with E-state index in [-0.39, 0.29) is 30.1 Å². The summed E-state index contributed by atoms with van der Waals surface area (Å²) in [7, 11) is 0. The van der Waals surface area contributed by atoms with Crippen molar-refractivity contribution in [2.45, 2.75) is 45.2 Å². The lowest BCUT2D eigenvalue weighted by Gasteiger charge is -2.31. The topological polar surface area (TPSA) is 79.7 Å². The Bertz CT molecular complexity index is 494. The smallest absolute Gasteiger partial charge is 0.320 e. The van der Waals surface area contributed by atoms with E-state index in [2.05, 4.69) is 11.4 Å². The third-order valence-corrected chi connectivity index (χ3v) is 4.46. The van der Waals surface area contributed by atoms with Crippen molar-refractivity contribution in [2.75, 3.05) is 39.3 Å². The highest BCUT2D eigenvalue weighted by Gasteiger charge is 2.35. The number of hydrogen-bond acceptors (Lipinski definition) is 4. The molecule has 0 spiro atoms. The fourth-order valence-corrected chi connectivity index (χ4v) is 3.12. The van der Waals surface area contributed by atoms with E-state index in [1.54, 1.807) is 4.90 Å². The third-order valence-electron chi connectivity index (χ3n) is 4.46. The zero-order chi connectivity index (χ0) is 17.0. The number of rotatable bonds is 5. The van der Waals surface area contributed by atoms with Gasteiger partial charge in [-0.2, -0.15) is 5.26 Å². The zero-order valence-corrected chi connectivity index (χ0v) is 14.3. The summed E-state index contributed by atoms with van der Waals surface area (Å²) >= 11 is 0. The van der Waals surface area contributed by atoms with Crippen LogP contribution in [0, 0.1) is 11.3 Å². The second-order valence-corrected chi connectivity index (χ2v) is 7.14. The average Bonchev–Trinajstić information content (AvgIpc) is 3.09. The van der Waals surface area contributed by atoms with E-state index in [9.17, 15) is 9.59 Å². The van der Waals surface area contributed by atoms with E-state index in [0.717, 1.165) is 25.9 Å². The van der Waals surface area contributed by atoms with E-state index in [1.165, 1.54) is 0 Å². The van der Waals surface area contributed by atoms with Crippen molar-refractivity contribution >= 4 is 11.9 Å². The molecule has 7 nitrogen and oxygen atoms in total. The van der Waals surface area contributed by atoms with Crippen LogP contribution in [-0.2, 0) is 4.79 Å². The standard InChI is InChI=1S/C16H27N5O2/c1-16(2,3)21-10-9-19(15(21)23)8-6-18-12-14(22)20-7-4-5-13(20)11-17/h13,18H,4-10,12H2,1-3H3. The van der Waals surface area contributed by atoms with Gasteiger partial charge in [-0.3, -0.25) is 4.79 Å². The van der Waals surface area contributed by atoms with Crippen LogP contribution in [0.25, 0.3) is 0 Å². The van der Waals surface area contributed by atoms with Crippen molar-refractivity contribution in [3.63, 3.8) is 0 Å². The van der Waals surface area contributed by atoms with Gasteiger partial charge in [-0.15, -0.1) is 0 Å².